The Labute approximate surface area is 125 Å². The lowest BCUT2D eigenvalue weighted by atomic mass is 10.1. The standard InChI is InChI=1S/C15H23ClFNS/c1-5-18-12(10-19-15(2,3)4)9-11-7-6-8-13(17)14(11)16/h6-8,12,18H,5,9-10H2,1-4H3. The monoisotopic (exact) mass is 303 g/mol. The molecule has 1 unspecified atom stereocenters. The molecule has 4 heteroatoms. The molecule has 0 aromatic heterocycles. The van der Waals surface area contributed by atoms with E-state index >= 15 is 0 Å². The van der Waals surface area contributed by atoms with Crippen molar-refractivity contribution in [3.8, 4) is 0 Å². The molecule has 1 nitrogen and oxygen atoms in total. The first-order chi connectivity index (χ1) is 8.83. The first-order valence-electron chi connectivity index (χ1n) is 6.63. The van der Waals surface area contributed by atoms with E-state index in [9.17, 15) is 4.39 Å². The molecular formula is C15H23ClFNS. The summed E-state index contributed by atoms with van der Waals surface area (Å²) in [6.07, 6.45) is 0.757. The van der Waals surface area contributed by atoms with Crippen LogP contribution in [0.25, 0.3) is 0 Å². The minimum absolute atomic E-state index is 0.236. The summed E-state index contributed by atoms with van der Waals surface area (Å²) >= 11 is 7.93. The zero-order valence-corrected chi connectivity index (χ0v) is 13.7. The van der Waals surface area contributed by atoms with Gasteiger partial charge in [0.25, 0.3) is 0 Å². The van der Waals surface area contributed by atoms with Crippen LogP contribution in [0.4, 0.5) is 4.39 Å². The molecule has 1 aromatic rings. The molecule has 0 fully saturated rings. The Balaban J connectivity index is 2.70. The van der Waals surface area contributed by atoms with Gasteiger partial charge in [0.1, 0.15) is 5.82 Å². The minimum atomic E-state index is -0.335. The largest absolute Gasteiger partial charge is 0.313 e. The van der Waals surface area contributed by atoms with Gasteiger partial charge < -0.3 is 5.32 Å². The minimum Gasteiger partial charge on any atom is -0.313 e. The van der Waals surface area contributed by atoms with Crippen LogP contribution in [-0.4, -0.2) is 23.1 Å². The predicted octanol–water partition coefficient (Wildman–Crippen LogP) is 4.53. The van der Waals surface area contributed by atoms with Gasteiger partial charge in [-0.05, 0) is 24.6 Å². The Kier molecular flexibility index (Phi) is 6.64. The van der Waals surface area contributed by atoms with Crippen molar-refractivity contribution in [1.29, 1.82) is 0 Å². The number of hydrogen-bond acceptors (Lipinski definition) is 2. The summed E-state index contributed by atoms with van der Waals surface area (Å²) in [6, 6.07) is 5.33. The molecule has 0 aliphatic rings. The van der Waals surface area contributed by atoms with Gasteiger partial charge in [0.2, 0.25) is 0 Å². The van der Waals surface area contributed by atoms with Crippen LogP contribution >= 0.6 is 23.4 Å². The van der Waals surface area contributed by atoms with Crippen LogP contribution < -0.4 is 5.32 Å². The third-order valence-electron chi connectivity index (χ3n) is 2.71. The lowest BCUT2D eigenvalue weighted by Gasteiger charge is -2.24. The predicted molar refractivity (Wildman–Crippen MR) is 84.8 cm³/mol. The molecule has 0 saturated carbocycles. The molecule has 0 aliphatic carbocycles. The van der Waals surface area contributed by atoms with Crippen LogP contribution in [0.5, 0.6) is 0 Å². The molecule has 0 aliphatic heterocycles. The van der Waals surface area contributed by atoms with E-state index in [4.69, 9.17) is 11.6 Å². The Hall–Kier alpha value is -0.250. The summed E-state index contributed by atoms with van der Waals surface area (Å²) in [5, 5.41) is 3.70. The maximum atomic E-state index is 13.4. The number of likely N-dealkylation sites (N-methyl/N-ethyl adjacent to an activating group) is 1. The van der Waals surface area contributed by atoms with Gasteiger partial charge in [-0.1, -0.05) is 51.4 Å². The third kappa shape index (κ3) is 6.15. The zero-order chi connectivity index (χ0) is 14.5. The van der Waals surface area contributed by atoms with Crippen LogP contribution in [-0.2, 0) is 6.42 Å². The molecule has 1 aromatic carbocycles. The average Bonchev–Trinajstić information content (AvgIpc) is 2.31. The lowest BCUT2D eigenvalue weighted by Crippen LogP contribution is -2.34. The quantitative estimate of drug-likeness (QED) is 0.828. The van der Waals surface area contributed by atoms with E-state index in [-0.39, 0.29) is 15.6 Å². The van der Waals surface area contributed by atoms with Crippen molar-refractivity contribution in [2.24, 2.45) is 0 Å². The van der Waals surface area contributed by atoms with E-state index in [0.717, 1.165) is 24.3 Å². The third-order valence-corrected chi connectivity index (χ3v) is 4.57. The van der Waals surface area contributed by atoms with E-state index in [0.29, 0.717) is 6.04 Å². The molecule has 1 rings (SSSR count). The highest BCUT2D eigenvalue weighted by Gasteiger charge is 2.17. The highest BCUT2D eigenvalue weighted by Crippen LogP contribution is 2.26. The molecule has 1 atom stereocenters. The van der Waals surface area contributed by atoms with Gasteiger partial charge in [-0.3, -0.25) is 0 Å². The van der Waals surface area contributed by atoms with Crippen molar-refractivity contribution in [1.82, 2.24) is 5.32 Å². The van der Waals surface area contributed by atoms with Crippen molar-refractivity contribution in [3.05, 3.63) is 34.6 Å². The number of benzene rings is 1. The lowest BCUT2D eigenvalue weighted by molar-refractivity contribution is 0.566. The maximum absolute atomic E-state index is 13.4. The number of hydrogen-bond donors (Lipinski definition) is 1. The van der Waals surface area contributed by atoms with Gasteiger partial charge in [-0.25, -0.2) is 4.39 Å². The van der Waals surface area contributed by atoms with E-state index in [2.05, 4.69) is 33.0 Å². The maximum Gasteiger partial charge on any atom is 0.142 e. The van der Waals surface area contributed by atoms with E-state index in [1.165, 1.54) is 6.07 Å². The number of nitrogens with one attached hydrogen (secondary N) is 1. The number of halogens is 2. The van der Waals surface area contributed by atoms with Crippen molar-refractivity contribution in [3.63, 3.8) is 0 Å². The summed E-state index contributed by atoms with van der Waals surface area (Å²) in [6.45, 7) is 9.60. The van der Waals surface area contributed by atoms with Crippen LogP contribution in [0.2, 0.25) is 5.02 Å². The molecular weight excluding hydrogens is 281 g/mol. The van der Waals surface area contributed by atoms with Gasteiger partial charge in [-0.2, -0.15) is 11.8 Å². The zero-order valence-electron chi connectivity index (χ0n) is 12.1. The summed E-state index contributed by atoms with van der Waals surface area (Å²) in [5.74, 6) is 0.655. The van der Waals surface area contributed by atoms with Gasteiger partial charge in [0.15, 0.2) is 0 Å². The fourth-order valence-corrected chi connectivity index (χ4v) is 2.94. The summed E-state index contributed by atoms with van der Waals surface area (Å²) < 4.78 is 13.7. The molecule has 0 heterocycles. The van der Waals surface area contributed by atoms with Gasteiger partial charge in [0, 0.05) is 16.5 Å². The summed E-state index contributed by atoms with van der Waals surface area (Å²) in [4.78, 5) is 0. The molecule has 0 bridgehead atoms. The molecule has 0 saturated heterocycles. The van der Waals surface area contributed by atoms with E-state index in [1.807, 2.05) is 17.8 Å². The number of rotatable bonds is 6. The normalized spacial score (nSPS) is 13.6. The SMILES string of the molecule is CCNC(CSC(C)(C)C)Cc1cccc(F)c1Cl. The summed E-state index contributed by atoms with van der Waals surface area (Å²) in [5.41, 5.74) is 0.877. The van der Waals surface area contributed by atoms with Gasteiger partial charge in [0.05, 0.1) is 5.02 Å². The highest BCUT2D eigenvalue weighted by molar-refractivity contribution is 8.00. The first-order valence-corrected chi connectivity index (χ1v) is 8.00. The van der Waals surface area contributed by atoms with E-state index < -0.39 is 0 Å². The average molecular weight is 304 g/mol. The topological polar surface area (TPSA) is 12.0 Å². The van der Waals surface area contributed by atoms with Crippen molar-refractivity contribution in [2.45, 2.75) is 44.9 Å². The molecule has 0 radical (unpaired) electrons. The Bertz CT molecular complexity index is 404. The Morgan fingerprint density at radius 2 is 2.05 bits per heavy atom. The molecule has 1 N–H and O–H groups in total. The van der Waals surface area contributed by atoms with Crippen molar-refractivity contribution >= 4 is 23.4 Å². The fourth-order valence-electron chi connectivity index (χ4n) is 1.80. The first kappa shape index (κ1) is 16.8. The molecule has 19 heavy (non-hydrogen) atoms. The molecule has 0 spiro atoms. The van der Waals surface area contributed by atoms with Gasteiger partial charge >= 0.3 is 0 Å². The second-order valence-corrected chi connectivity index (χ2v) is 7.82. The van der Waals surface area contributed by atoms with Crippen LogP contribution in [0.3, 0.4) is 0 Å². The van der Waals surface area contributed by atoms with Crippen molar-refractivity contribution in [2.75, 3.05) is 12.3 Å². The second kappa shape index (κ2) is 7.51. The number of thioether (sulfide) groups is 1. The van der Waals surface area contributed by atoms with Crippen LogP contribution in [0, 0.1) is 5.82 Å². The summed E-state index contributed by atoms with van der Waals surface area (Å²) in [7, 11) is 0. The highest BCUT2D eigenvalue weighted by atomic mass is 35.5. The molecule has 0 amide bonds. The van der Waals surface area contributed by atoms with Crippen LogP contribution in [0.1, 0.15) is 33.3 Å². The van der Waals surface area contributed by atoms with Crippen LogP contribution in [0.15, 0.2) is 18.2 Å². The van der Waals surface area contributed by atoms with E-state index in [1.54, 1.807) is 6.07 Å². The Morgan fingerprint density at radius 1 is 1.37 bits per heavy atom. The Morgan fingerprint density at radius 3 is 2.63 bits per heavy atom. The second-order valence-electron chi connectivity index (χ2n) is 5.60. The smallest absolute Gasteiger partial charge is 0.142 e. The van der Waals surface area contributed by atoms with Crippen molar-refractivity contribution < 1.29 is 4.39 Å². The molecule has 108 valence electrons. The van der Waals surface area contributed by atoms with Gasteiger partial charge in [-0.15, -0.1) is 0 Å². The fraction of sp³-hybridized carbons (Fsp3) is 0.600.